The Morgan fingerprint density at radius 2 is 2.09 bits per heavy atom. The van der Waals surface area contributed by atoms with Crippen molar-refractivity contribution in [2.75, 3.05) is 31.7 Å². The lowest BCUT2D eigenvalue weighted by Gasteiger charge is -2.41. The molecule has 2 atom stereocenters. The fourth-order valence-electron chi connectivity index (χ4n) is 5.10. The number of pyridine rings is 1. The number of halogens is 1. The fraction of sp³-hybridized carbons (Fsp3) is 0.545. The Hall–Kier alpha value is -2.49. The highest BCUT2D eigenvalue weighted by Crippen LogP contribution is 2.41. The minimum Gasteiger partial charge on any atom is -0.480 e. The second kappa shape index (κ2) is 7.83. The van der Waals surface area contributed by atoms with Gasteiger partial charge in [-0.05, 0) is 25.8 Å². The van der Waals surface area contributed by atoms with Crippen LogP contribution in [-0.2, 0) is 18.3 Å². The number of ether oxygens (including phenoxy) is 2. The van der Waals surface area contributed by atoms with Crippen LogP contribution in [0, 0.1) is 5.41 Å². The summed E-state index contributed by atoms with van der Waals surface area (Å²) in [4.78, 5) is 29.1. The summed E-state index contributed by atoms with van der Waals surface area (Å²) in [5, 5.41) is 0.332. The van der Waals surface area contributed by atoms with E-state index in [2.05, 4.69) is 14.9 Å². The lowest BCUT2D eigenvalue weighted by atomic mass is 9.73. The Bertz CT molecular complexity index is 1160. The zero-order valence-electron chi connectivity index (χ0n) is 18.5. The summed E-state index contributed by atoms with van der Waals surface area (Å²) < 4.78 is 12.7. The molecule has 2 fully saturated rings. The molecule has 5 rings (SSSR count). The van der Waals surface area contributed by atoms with Crippen molar-refractivity contribution in [3.05, 3.63) is 44.5 Å². The molecule has 32 heavy (non-hydrogen) atoms. The molecule has 9 nitrogen and oxygen atoms in total. The van der Waals surface area contributed by atoms with Gasteiger partial charge < -0.3 is 20.1 Å². The van der Waals surface area contributed by atoms with Crippen molar-refractivity contribution in [1.29, 1.82) is 0 Å². The van der Waals surface area contributed by atoms with Crippen molar-refractivity contribution >= 4 is 23.3 Å². The summed E-state index contributed by atoms with van der Waals surface area (Å²) in [5.41, 5.74) is 8.63. The number of nitrogens with two attached hydrogens (primary N) is 1. The molecule has 0 unspecified atom stereocenters. The van der Waals surface area contributed by atoms with E-state index in [1.54, 1.807) is 23.9 Å². The zero-order chi connectivity index (χ0) is 22.6. The van der Waals surface area contributed by atoms with Crippen LogP contribution in [0.3, 0.4) is 0 Å². The number of hydrogen-bond donors (Lipinski definition) is 1. The molecule has 0 bridgehead atoms. The molecule has 2 N–H and O–H groups in total. The molecular weight excluding hydrogens is 432 g/mol. The number of methoxy groups -OCH3 is 1. The van der Waals surface area contributed by atoms with Gasteiger partial charge in [-0.25, -0.2) is 9.97 Å². The van der Waals surface area contributed by atoms with Crippen LogP contribution in [0.1, 0.15) is 36.6 Å². The number of hydrogen-bond acceptors (Lipinski definition) is 8. The third-order valence-corrected chi connectivity index (χ3v) is 7.53. The smallest absolute Gasteiger partial charge is 0.264 e. The first-order valence-corrected chi connectivity index (χ1v) is 11.2. The predicted octanol–water partition coefficient (Wildman–Crippen LogP) is 1.52. The zero-order valence-corrected chi connectivity index (χ0v) is 19.2. The normalized spacial score (nSPS) is 24.0. The molecule has 3 aliphatic rings. The van der Waals surface area contributed by atoms with E-state index in [1.165, 1.54) is 7.11 Å². The van der Waals surface area contributed by atoms with Gasteiger partial charge in [0.2, 0.25) is 11.8 Å². The third kappa shape index (κ3) is 3.14. The van der Waals surface area contributed by atoms with Gasteiger partial charge in [0.15, 0.2) is 0 Å². The first-order valence-electron chi connectivity index (χ1n) is 10.8. The number of anilines is 1. The topological polar surface area (TPSA) is 108 Å². The number of rotatable bonds is 3. The van der Waals surface area contributed by atoms with Crippen LogP contribution in [0.5, 0.6) is 5.88 Å². The molecule has 2 saturated heterocycles. The van der Waals surface area contributed by atoms with E-state index in [1.807, 2.05) is 6.92 Å². The number of piperidine rings is 1. The number of aliphatic imine (C=N–C) groups is 1. The summed E-state index contributed by atoms with van der Waals surface area (Å²) in [6.07, 6.45) is 3.51. The van der Waals surface area contributed by atoms with Gasteiger partial charge in [0.1, 0.15) is 5.02 Å². The van der Waals surface area contributed by atoms with Gasteiger partial charge in [-0.3, -0.25) is 14.4 Å². The third-order valence-electron chi connectivity index (χ3n) is 7.16. The molecule has 10 heteroatoms. The van der Waals surface area contributed by atoms with Crippen molar-refractivity contribution in [2.45, 2.75) is 38.5 Å². The fourth-order valence-corrected chi connectivity index (χ4v) is 5.37. The predicted molar refractivity (Wildman–Crippen MR) is 122 cm³/mol. The van der Waals surface area contributed by atoms with E-state index in [-0.39, 0.29) is 23.1 Å². The van der Waals surface area contributed by atoms with E-state index in [4.69, 9.17) is 31.8 Å². The summed E-state index contributed by atoms with van der Waals surface area (Å²) in [5.74, 6) is 0.964. The van der Waals surface area contributed by atoms with E-state index in [0.29, 0.717) is 52.5 Å². The van der Waals surface area contributed by atoms with Gasteiger partial charge in [0, 0.05) is 43.4 Å². The highest BCUT2D eigenvalue weighted by Gasteiger charge is 2.48. The molecule has 1 spiro atoms. The Morgan fingerprint density at radius 3 is 2.75 bits per heavy atom. The lowest BCUT2D eigenvalue weighted by Crippen LogP contribution is -2.51. The number of nitrogens with zero attached hydrogens (tertiary/aromatic N) is 5. The average molecular weight is 459 g/mol. The Labute approximate surface area is 191 Å². The van der Waals surface area contributed by atoms with Gasteiger partial charge in [-0.15, -0.1) is 0 Å². The first kappa shape index (κ1) is 21.4. The van der Waals surface area contributed by atoms with Crippen molar-refractivity contribution < 1.29 is 9.47 Å². The number of aromatic nitrogens is 3. The molecular formula is C22H27ClN6O3. The molecule has 2 aromatic heterocycles. The summed E-state index contributed by atoms with van der Waals surface area (Å²) in [6.45, 7) is 4.64. The molecule has 5 heterocycles. The van der Waals surface area contributed by atoms with E-state index >= 15 is 0 Å². The lowest BCUT2D eigenvalue weighted by molar-refractivity contribution is 0.0973. The highest BCUT2D eigenvalue weighted by atomic mass is 35.5. The Kier molecular flexibility index (Phi) is 5.22. The quantitative estimate of drug-likeness (QED) is 0.742. The Morgan fingerprint density at radius 1 is 1.34 bits per heavy atom. The van der Waals surface area contributed by atoms with E-state index < -0.39 is 0 Å². The molecule has 0 aromatic carbocycles. The SMILES string of the molecule is COc1nccc(C2=NCc3nc(N4CCC5(CC4)CO[C@@H](C)[C@H]5N)n(C)c(=O)c32)c1Cl. The van der Waals surface area contributed by atoms with Gasteiger partial charge in [0.05, 0.1) is 43.3 Å². The molecule has 0 amide bonds. The van der Waals surface area contributed by atoms with Crippen LogP contribution in [0.4, 0.5) is 5.95 Å². The minimum atomic E-state index is -0.136. The second-order valence-electron chi connectivity index (χ2n) is 8.84. The van der Waals surface area contributed by atoms with Crippen LogP contribution in [0.15, 0.2) is 22.1 Å². The van der Waals surface area contributed by atoms with E-state index in [9.17, 15) is 4.79 Å². The van der Waals surface area contributed by atoms with Crippen LogP contribution in [0.2, 0.25) is 5.02 Å². The maximum atomic E-state index is 13.4. The largest absolute Gasteiger partial charge is 0.480 e. The molecule has 0 radical (unpaired) electrons. The summed E-state index contributed by atoms with van der Waals surface area (Å²) >= 11 is 6.46. The van der Waals surface area contributed by atoms with Crippen molar-refractivity contribution in [3.8, 4) is 5.88 Å². The van der Waals surface area contributed by atoms with Crippen LogP contribution in [-0.4, -0.2) is 59.2 Å². The van der Waals surface area contributed by atoms with Crippen LogP contribution in [0.25, 0.3) is 0 Å². The Balaban J connectivity index is 1.45. The molecule has 2 aromatic rings. The molecule has 0 saturated carbocycles. The number of fused-ring (bicyclic) bond motifs is 1. The average Bonchev–Trinajstić information content (AvgIpc) is 3.34. The first-order chi connectivity index (χ1) is 15.4. The van der Waals surface area contributed by atoms with Gasteiger partial charge in [0.25, 0.3) is 5.56 Å². The van der Waals surface area contributed by atoms with Gasteiger partial charge in [-0.2, -0.15) is 0 Å². The maximum Gasteiger partial charge on any atom is 0.264 e. The monoisotopic (exact) mass is 458 g/mol. The second-order valence-corrected chi connectivity index (χ2v) is 9.21. The van der Waals surface area contributed by atoms with Crippen LogP contribution >= 0.6 is 11.6 Å². The standard InChI is InChI=1S/C22H27ClN6O3/c1-12-18(24)22(11-32-12)5-8-29(9-6-22)21-27-14-10-26-17(15(14)20(30)28(21)2)13-4-7-25-19(31-3)16(13)23/h4,7,12,18H,5-6,8-11,24H2,1-3H3/t12-,18+/m0/s1. The van der Waals surface area contributed by atoms with Crippen molar-refractivity contribution in [3.63, 3.8) is 0 Å². The van der Waals surface area contributed by atoms with Crippen molar-refractivity contribution in [2.24, 2.45) is 23.2 Å². The van der Waals surface area contributed by atoms with E-state index in [0.717, 1.165) is 25.9 Å². The summed E-state index contributed by atoms with van der Waals surface area (Å²) in [6, 6.07) is 1.78. The highest BCUT2D eigenvalue weighted by molar-refractivity contribution is 6.36. The molecule has 170 valence electrons. The molecule has 3 aliphatic heterocycles. The van der Waals surface area contributed by atoms with Gasteiger partial charge in [-0.1, -0.05) is 11.6 Å². The molecule has 0 aliphatic carbocycles. The van der Waals surface area contributed by atoms with Gasteiger partial charge >= 0.3 is 0 Å². The van der Waals surface area contributed by atoms with Crippen LogP contribution < -0.4 is 20.9 Å². The summed E-state index contributed by atoms with van der Waals surface area (Å²) in [7, 11) is 3.26. The maximum absolute atomic E-state index is 13.4. The minimum absolute atomic E-state index is 0.0128. The van der Waals surface area contributed by atoms with Crippen molar-refractivity contribution in [1.82, 2.24) is 14.5 Å².